The predicted octanol–water partition coefficient (Wildman–Crippen LogP) is -1.09. The largest absolute Gasteiger partial charge is 0.483 e. The van der Waals surface area contributed by atoms with Crippen LogP contribution in [-0.2, 0) is 9.59 Å². The third-order valence-corrected chi connectivity index (χ3v) is 0.362. The number of nitrogens with zero attached hydrogens (tertiary/aromatic N) is 1. The maximum Gasteiger partial charge on any atom is 0.290 e. The van der Waals surface area contributed by atoms with Crippen molar-refractivity contribution in [2.45, 2.75) is 6.42 Å². The number of aliphatic hydroxyl groups excluding tert-OH is 1. The number of carbonyl (C=O) groups is 2. The van der Waals surface area contributed by atoms with Crippen LogP contribution < -0.4 is 5.73 Å². The average molecular weight is 226 g/mol. The molecule has 0 radical (unpaired) electrons. The van der Waals surface area contributed by atoms with Crippen molar-refractivity contribution in [2.24, 2.45) is 5.73 Å². The van der Waals surface area contributed by atoms with E-state index in [1.54, 1.807) is 0 Å². The molecule has 0 rings (SSSR count). The molecular formula is C8H22N2O5. The van der Waals surface area contributed by atoms with E-state index in [9.17, 15) is 0 Å². The van der Waals surface area contributed by atoms with E-state index in [1.165, 1.54) is 0 Å². The molecule has 0 atom stereocenters. The van der Waals surface area contributed by atoms with Gasteiger partial charge in [-0.05, 0) is 34.1 Å². The molecule has 7 nitrogen and oxygen atoms in total. The minimum atomic E-state index is -0.250. The first kappa shape index (κ1) is 23.6. The van der Waals surface area contributed by atoms with Crippen LogP contribution in [0.15, 0.2) is 0 Å². The van der Waals surface area contributed by atoms with Gasteiger partial charge >= 0.3 is 0 Å². The van der Waals surface area contributed by atoms with Gasteiger partial charge in [0, 0.05) is 6.61 Å². The van der Waals surface area contributed by atoms with Crippen molar-refractivity contribution in [1.29, 1.82) is 0 Å². The first-order chi connectivity index (χ1) is 6.97. The molecule has 0 aromatic heterocycles. The molecule has 5 N–H and O–H groups in total. The molecule has 0 aliphatic heterocycles. The topological polar surface area (TPSA) is 124 Å². The molecule has 0 aromatic rings. The molecule has 0 spiro atoms. The summed E-state index contributed by atoms with van der Waals surface area (Å²) < 4.78 is 0. The highest BCUT2D eigenvalue weighted by atomic mass is 16.3. The van der Waals surface area contributed by atoms with Crippen molar-refractivity contribution in [1.82, 2.24) is 4.90 Å². The number of nitrogens with two attached hydrogens (primary N) is 1. The molecule has 94 valence electrons. The molecular weight excluding hydrogens is 204 g/mol. The van der Waals surface area contributed by atoms with Crippen molar-refractivity contribution in [2.75, 3.05) is 34.3 Å². The van der Waals surface area contributed by atoms with E-state index in [0.717, 1.165) is 6.42 Å². The van der Waals surface area contributed by atoms with Crippen molar-refractivity contribution in [3.8, 4) is 0 Å². The molecule has 0 fully saturated rings. The zero-order valence-electron chi connectivity index (χ0n) is 9.46. The fourth-order valence-electron chi connectivity index (χ4n) is 0.0913. The summed E-state index contributed by atoms with van der Waals surface area (Å²) >= 11 is 0. The van der Waals surface area contributed by atoms with Crippen LogP contribution in [0.25, 0.3) is 0 Å². The predicted molar refractivity (Wildman–Crippen MR) is 57.8 cm³/mol. The Morgan fingerprint density at radius 3 is 1.33 bits per heavy atom. The normalized spacial score (nSPS) is 6.80. The van der Waals surface area contributed by atoms with Gasteiger partial charge in [0.05, 0.1) is 0 Å². The summed E-state index contributed by atoms with van der Waals surface area (Å²) in [5, 5.41) is 21.8. The Hall–Kier alpha value is -1.18. The molecule has 7 heteroatoms. The van der Waals surface area contributed by atoms with Crippen LogP contribution in [-0.4, -0.2) is 67.5 Å². The van der Waals surface area contributed by atoms with Gasteiger partial charge in [-0.2, -0.15) is 0 Å². The van der Waals surface area contributed by atoms with Crippen molar-refractivity contribution < 1.29 is 24.9 Å². The van der Waals surface area contributed by atoms with Gasteiger partial charge in [0.15, 0.2) is 0 Å². The number of carboxylic acid groups (broad SMARTS) is 2. The Balaban J connectivity index is -0.0000000553. The van der Waals surface area contributed by atoms with Crippen LogP contribution in [0.1, 0.15) is 6.42 Å². The Morgan fingerprint density at radius 2 is 1.33 bits per heavy atom. The summed E-state index contributed by atoms with van der Waals surface area (Å²) in [6.45, 7) is 0.312. The minimum Gasteiger partial charge on any atom is -0.483 e. The Bertz CT molecular complexity index is 90.3. The van der Waals surface area contributed by atoms with Crippen LogP contribution in [0.4, 0.5) is 0 Å². The minimum absolute atomic E-state index is 0.219. The summed E-state index contributed by atoms with van der Waals surface area (Å²) in [6.07, 6.45) is 0.722. The second-order valence-corrected chi connectivity index (χ2v) is 2.42. The lowest BCUT2D eigenvalue weighted by molar-refractivity contribution is -0.123. The van der Waals surface area contributed by atoms with Crippen molar-refractivity contribution >= 4 is 12.9 Å². The lowest BCUT2D eigenvalue weighted by atomic mass is 10.5. The number of rotatable bonds is 2. The second kappa shape index (κ2) is 38.5. The van der Waals surface area contributed by atoms with Gasteiger partial charge in [-0.25, -0.2) is 0 Å². The number of aliphatic hydroxyl groups is 1. The van der Waals surface area contributed by atoms with Gasteiger partial charge in [-0.1, -0.05) is 0 Å². The monoisotopic (exact) mass is 226 g/mol. The summed E-state index contributed by atoms with van der Waals surface area (Å²) in [7, 11) is 6.00. The molecule has 0 heterocycles. The molecule has 0 aliphatic carbocycles. The molecule has 0 unspecified atom stereocenters. The van der Waals surface area contributed by atoms with Crippen LogP contribution in [0, 0.1) is 0 Å². The van der Waals surface area contributed by atoms with Crippen molar-refractivity contribution in [3.63, 3.8) is 0 Å². The van der Waals surface area contributed by atoms with Crippen LogP contribution in [0.3, 0.4) is 0 Å². The second-order valence-electron chi connectivity index (χ2n) is 2.42. The zero-order valence-corrected chi connectivity index (χ0v) is 9.46. The average Bonchev–Trinajstić information content (AvgIpc) is 2.07. The van der Waals surface area contributed by atoms with E-state index in [0.29, 0.717) is 6.54 Å². The third kappa shape index (κ3) is 2230. The fourth-order valence-corrected chi connectivity index (χ4v) is 0.0913. The molecule has 0 aromatic carbocycles. The fraction of sp³-hybridized carbons (Fsp3) is 0.750. The van der Waals surface area contributed by atoms with Gasteiger partial charge in [-0.15, -0.1) is 0 Å². The van der Waals surface area contributed by atoms with Gasteiger partial charge in [-0.3, -0.25) is 9.59 Å². The van der Waals surface area contributed by atoms with Crippen molar-refractivity contribution in [3.05, 3.63) is 0 Å². The first-order valence-electron chi connectivity index (χ1n) is 4.05. The SMILES string of the molecule is CN(C)C.NCCCO.O=CO.O=CO. The lowest BCUT2D eigenvalue weighted by Gasteiger charge is -1.90. The van der Waals surface area contributed by atoms with Gasteiger partial charge in [0.2, 0.25) is 0 Å². The molecule has 0 saturated heterocycles. The summed E-state index contributed by atoms with van der Waals surface area (Å²) in [6, 6.07) is 0. The maximum absolute atomic E-state index is 8.36. The molecule has 0 saturated carbocycles. The Kier molecular flexibility index (Phi) is 60.5. The van der Waals surface area contributed by atoms with Gasteiger partial charge in [0.25, 0.3) is 12.9 Å². The van der Waals surface area contributed by atoms with Gasteiger partial charge in [0.1, 0.15) is 0 Å². The number of hydrogen-bond donors (Lipinski definition) is 4. The van der Waals surface area contributed by atoms with E-state index >= 15 is 0 Å². The van der Waals surface area contributed by atoms with E-state index in [1.807, 2.05) is 26.0 Å². The van der Waals surface area contributed by atoms with Crippen LogP contribution in [0.2, 0.25) is 0 Å². The lowest BCUT2D eigenvalue weighted by Crippen LogP contribution is -1.99. The Morgan fingerprint density at radius 1 is 1.13 bits per heavy atom. The first-order valence-corrected chi connectivity index (χ1v) is 4.05. The summed E-state index contributed by atoms with van der Waals surface area (Å²) in [5.74, 6) is 0. The smallest absolute Gasteiger partial charge is 0.290 e. The Labute approximate surface area is 90.1 Å². The van der Waals surface area contributed by atoms with Gasteiger partial charge < -0.3 is 26.0 Å². The van der Waals surface area contributed by atoms with Crippen LogP contribution >= 0.6 is 0 Å². The summed E-state index contributed by atoms with van der Waals surface area (Å²) in [4.78, 5) is 18.7. The van der Waals surface area contributed by atoms with E-state index < -0.39 is 0 Å². The quantitative estimate of drug-likeness (QED) is 0.441. The standard InChI is InChI=1S/C3H9NO.C3H9N.2CH2O2/c4-2-1-3-5;1-4(2)3;2*2-1-3/h5H,1-4H2;1-3H3;2*1H,(H,2,3). The highest BCUT2D eigenvalue weighted by Crippen LogP contribution is 1.62. The highest BCUT2D eigenvalue weighted by molar-refractivity contribution is 5.32. The molecule has 0 aliphatic rings. The van der Waals surface area contributed by atoms with E-state index in [2.05, 4.69) is 0 Å². The number of hydrogen-bond acceptors (Lipinski definition) is 5. The molecule has 0 bridgehead atoms. The third-order valence-electron chi connectivity index (χ3n) is 0.362. The highest BCUT2D eigenvalue weighted by Gasteiger charge is 1.69. The summed E-state index contributed by atoms with van der Waals surface area (Å²) in [5.41, 5.74) is 4.98. The molecule has 15 heavy (non-hydrogen) atoms. The molecule has 0 amide bonds. The maximum atomic E-state index is 8.36. The van der Waals surface area contributed by atoms with E-state index in [-0.39, 0.29) is 19.6 Å². The van der Waals surface area contributed by atoms with Crippen LogP contribution in [0.5, 0.6) is 0 Å². The van der Waals surface area contributed by atoms with E-state index in [4.69, 9.17) is 30.6 Å². The zero-order chi connectivity index (χ0) is 13.1.